The molecule has 1 aliphatic heterocycles. The number of alkyl halides is 2. The minimum atomic E-state index is -2.86. The molecule has 1 fully saturated rings. The zero-order chi connectivity index (χ0) is 24.6. The number of fused-ring (bicyclic) bond motifs is 1. The average molecular weight is 468 g/mol. The first-order valence-corrected chi connectivity index (χ1v) is 11.2. The molecule has 3 heterocycles. The summed E-state index contributed by atoms with van der Waals surface area (Å²) in [7, 11) is 1.69. The van der Waals surface area contributed by atoms with Gasteiger partial charge in [0.2, 0.25) is 0 Å². The van der Waals surface area contributed by atoms with Gasteiger partial charge in [-0.1, -0.05) is 12.1 Å². The van der Waals surface area contributed by atoms with Crippen molar-refractivity contribution in [2.45, 2.75) is 45.5 Å². The number of halogens is 2. The third kappa shape index (κ3) is 4.46. The first-order chi connectivity index (χ1) is 16.2. The fraction of sp³-hybridized carbons (Fsp3) is 0.400. The van der Waals surface area contributed by atoms with E-state index in [1.54, 1.807) is 37.4 Å². The number of hydrogen-bond acceptors (Lipinski definition) is 6. The monoisotopic (exact) mass is 467 g/mol. The molecule has 0 spiro atoms. The highest BCUT2D eigenvalue weighted by atomic mass is 19.3. The van der Waals surface area contributed by atoms with E-state index in [1.165, 1.54) is 10.6 Å². The number of rotatable bonds is 5. The normalized spacial score (nSPS) is 19.9. The van der Waals surface area contributed by atoms with E-state index in [9.17, 15) is 18.8 Å². The van der Waals surface area contributed by atoms with Gasteiger partial charge in [-0.3, -0.25) is 9.69 Å². The summed E-state index contributed by atoms with van der Waals surface area (Å²) in [5.41, 5.74) is 3.07. The molecule has 0 saturated carbocycles. The van der Waals surface area contributed by atoms with Crippen LogP contribution in [0.3, 0.4) is 0 Å². The van der Waals surface area contributed by atoms with Crippen LogP contribution in [0.5, 0.6) is 5.75 Å². The molecule has 1 unspecified atom stereocenters. The highest BCUT2D eigenvalue weighted by Gasteiger charge is 2.33. The minimum absolute atomic E-state index is 0.0236. The predicted octanol–water partition coefficient (Wildman–Crippen LogP) is 4.07. The molecule has 0 N–H and O–H groups in total. The molecule has 1 aliphatic rings. The van der Waals surface area contributed by atoms with Gasteiger partial charge in [-0.15, -0.1) is 0 Å². The maximum absolute atomic E-state index is 12.7. The summed E-state index contributed by atoms with van der Waals surface area (Å²) in [6.07, 6.45) is 0. The van der Waals surface area contributed by atoms with E-state index in [0.29, 0.717) is 35.5 Å². The summed E-state index contributed by atoms with van der Waals surface area (Å²) >= 11 is 0. The van der Waals surface area contributed by atoms with Crippen molar-refractivity contribution >= 4 is 16.7 Å². The second-order valence-electron chi connectivity index (χ2n) is 8.78. The topological polar surface area (TPSA) is 74.4 Å². The average Bonchev–Trinajstić information content (AvgIpc) is 2.81. The number of pyridine rings is 2. The van der Waals surface area contributed by atoms with Gasteiger partial charge in [0, 0.05) is 44.3 Å². The maximum Gasteiger partial charge on any atom is 0.387 e. The SMILES string of the molecule is CC(c1cccc(OC(F)F)c1)N1C[C@H](C)N(c2cc(=O)n(C)c3ccc(C#N)nc23)C[C@H]1C. The van der Waals surface area contributed by atoms with E-state index in [2.05, 4.69) is 46.4 Å². The largest absolute Gasteiger partial charge is 0.435 e. The Kier molecular flexibility index (Phi) is 6.53. The van der Waals surface area contributed by atoms with Crippen LogP contribution in [0, 0.1) is 11.3 Å². The van der Waals surface area contributed by atoms with Crippen LogP contribution < -0.4 is 15.2 Å². The number of ether oxygens (including phenoxy) is 1. The van der Waals surface area contributed by atoms with Crippen LogP contribution in [-0.2, 0) is 7.05 Å². The van der Waals surface area contributed by atoms with Crippen molar-refractivity contribution in [1.29, 1.82) is 5.26 Å². The maximum atomic E-state index is 12.7. The lowest BCUT2D eigenvalue weighted by Crippen LogP contribution is -2.57. The molecule has 1 aromatic carbocycles. The van der Waals surface area contributed by atoms with E-state index < -0.39 is 6.61 Å². The van der Waals surface area contributed by atoms with Gasteiger partial charge in [-0.05, 0) is 50.6 Å². The first kappa shape index (κ1) is 23.6. The lowest BCUT2D eigenvalue weighted by Gasteiger charge is -2.47. The molecule has 1 saturated heterocycles. The van der Waals surface area contributed by atoms with Gasteiger partial charge in [0.25, 0.3) is 5.56 Å². The van der Waals surface area contributed by atoms with Crippen LogP contribution in [0.2, 0.25) is 0 Å². The Labute approximate surface area is 196 Å². The molecule has 178 valence electrons. The molecule has 0 bridgehead atoms. The van der Waals surface area contributed by atoms with E-state index >= 15 is 0 Å². The number of benzene rings is 1. The molecule has 34 heavy (non-hydrogen) atoms. The van der Waals surface area contributed by atoms with E-state index in [4.69, 9.17) is 0 Å². The van der Waals surface area contributed by atoms with Crippen molar-refractivity contribution in [2.24, 2.45) is 7.05 Å². The number of aromatic nitrogens is 2. The summed E-state index contributed by atoms with van der Waals surface area (Å²) in [4.78, 5) is 21.7. The van der Waals surface area contributed by atoms with Crippen LogP contribution in [0.25, 0.3) is 11.0 Å². The third-order valence-electron chi connectivity index (χ3n) is 6.59. The van der Waals surface area contributed by atoms with E-state index in [-0.39, 0.29) is 29.4 Å². The Morgan fingerprint density at radius 3 is 2.62 bits per heavy atom. The lowest BCUT2D eigenvalue weighted by molar-refractivity contribution is -0.0499. The number of anilines is 1. The van der Waals surface area contributed by atoms with Gasteiger partial charge in [0.15, 0.2) is 0 Å². The molecule has 7 nitrogen and oxygen atoms in total. The second kappa shape index (κ2) is 9.39. The quantitative estimate of drug-likeness (QED) is 0.563. The Morgan fingerprint density at radius 2 is 1.91 bits per heavy atom. The summed E-state index contributed by atoms with van der Waals surface area (Å²) in [5.74, 6) is 0.143. The number of piperazine rings is 1. The van der Waals surface area contributed by atoms with Crippen molar-refractivity contribution in [3.05, 3.63) is 64.1 Å². The Balaban J connectivity index is 1.64. The summed E-state index contributed by atoms with van der Waals surface area (Å²) in [5, 5.41) is 9.34. The molecule has 0 radical (unpaired) electrons. The standard InChI is InChI=1S/C25H27F2N5O2/c1-15-14-32(22-11-23(33)30(4)21-9-8-19(12-28)29-24(21)22)16(2)13-31(15)17(3)18-6-5-7-20(10-18)34-25(26)27/h5-11,15-17,25H,13-14H2,1-4H3/t15-,16+,17?/m1/s1. The van der Waals surface area contributed by atoms with Crippen LogP contribution in [-0.4, -0.2) is 46.2 Å². The predicted molar refractivity (Wildman–Crippen MR) is 126 cm³/mol. The van der Waals surface area contributed by atoms with Gasteiger partial charge in [-0.2, -0.15) is 14.0 Å². The Hall–Kier alpha value is -3.51. The molecule has 9 heteroatoms. The molecule has 3 atom stereocenters. The summed E-state index contributed by atoms with van der Waals surface area (Å²) < 4.78 is 31.4. The molecule has 3 aromatic rings. The van der Waals surface area contributed by atoms with Gasteiger partial charge < -0.3 is 14.2 Å². The lowest BCUT2D eigenvalue weighted by atomic mass is 10.00. The Bertz CT molecular complexity index is 1300. The number of nitriles is 1. The molecule has 0 aliphatic carbocycles. The van der Waals surface area contributed by atoms with Crippen molar-refractivity contribution in [3.8, 4) is 11.8 Å². The number of aryl methyl sites for hydroxylation is 1. The van der Waals surface area contributed by atoms with Crippen LogP contribution >= 0.6 is 0 Å². The van der Waals surface area contributed by atoms with Crippen LogP contribution in [0.4, 0.5) is 14.5 Å². The van der Waals surface area contributed by atoms with Crippen LogP contribution in [0.15, 0.2) is 47.3 Å². The van der Waals surface area contributed by atoms with Crippen molar-refractivity contribution < 1.29 is 13.5 Å². The minimum Gasteiger partial charge on any atom is -0.435 e. The van der Waals surface area contributed by atoms with Gasteiger partial charge in [-0.25, -0.2) is 4.98 Å². The fourth-order valence-electron chi connectivity index (χ4n) is 4.76. The van der Waals surface area contributed by atoms with Crippen molar-refractivity contribution in [2.75, 3.05) is 18.0 Å². The smallest absolute Gasteiger partial charge is 0.387 e. The fourth-order valence-corrected chi connectivity index (χ4v) is 4.76. The molecule has 4 rings (SSSR count). The van der Waals surface area contributed by atoms with Crippen molar-refractivity contribution in [1.82, 2.24) is 14.5 Å². The van der Waals surface area contributed by atoms with Gasteiger partial charge in [0.05, 0.1) is 11.2 Å². The van der Waals surface area contributed by atoms with Crippen LogP contribution in [0.1, 0.15) is 38.1 Å². The van der Waals surface area contributed by atoms with Crippen molar-refractivity contribution in [3.63, 3.8) is 0 Å². The third-order valence-corrected chi connectivity index (χ3v) is 6.59. The second-order valence-corrected chi connectivity index (χ2v) is 8.78. The number of nitrogens with zero attached hydrogens (tertiary/aromatic N) is 5. The molecule has 2 aromatic heterocycles. The highest BCUT2D eigenvalue weighted by Crippen LogP contribution is 2.33. The first-order valence-electron chi connectivity index (χ1n) is 11.2. The number of hydrogen-bond donors (Lipinski definition) is 0. The molecule has 0 amide bonds. The molecular weight excluding hydrogens is 440 g/mol. The summed E-state index contributed by atoms with van der Waals surface area (Å²) in [6.45, 7) is 4.70. The van der Waals surface area contributed by atoms with Gasteiger partial charge in [0.1, 0.15) is 23.0 Å². The van der Waals surface area contributed by atoms with E-state index in [1.807, 2.05) is 6.07 Å². The zero-order valence-electron chi connectivity index (χ0n) is 19.6. The zero-order valence-corrected chi connectivity index (χ0v) is 19.6. The molecular formula is C25H27F2N5O2. The van der Waals surface area contributed by atoms with Gasteiger partial charge >= 0.3 is 6.61 Å². The Morgan fingerprint density at radius 1 is 1.15 bits per heavy atom. The highest BCUT2D eigenvalue weighted by molar-refractivity contribution is 5.89. The summed E-state index contributed by atoms with van der Waals surface area (Å²) in [6, 6.07) is 14.0. The van der Waals surface area contributed by atoms with E-state index in [0.717, 1.165) is 5.56 Å².